The molecule has 0 saturated heterocycles. The van der Waals surface area contributed by atoms with Gasteiger partial charge in [0.2, 0.25) is 5.78 Å². The minimum absolute atomic E-state index is 0.109. The maximum absolute atomic E-state index is 12.3. The molecule has 0 aliphatic heterocycles. The number of ketones is 1. The van der Waals surface area contributed by atoms with Gasteiger partial charge in [0, 0.05) is 35.7 Å². The predicted molar refractivity (Wildman–Crippen MR) is 82.4 cm³/mol. The van der Waals surface area contributed by atoms with E-state index in [1.807, 2.05) is 25.1 Å². The highest BCUT2D eigenvalue weighted by Crippen LogP contribution is 2.25. The van der Waals surface area contributed by atoms with E-state index in [-0.39, 0.29) is 11.4 Å². The van der Waals surface area contributed by atoms with Crippen LogP contribution >= 0.6 is 15.9 Å². The van der Waals surface area contributed by atoms with E-state index in [1.165, 1.54) is 6.20 Å². The predicted octanol–water partition coefficient (Wildman–Crippen LogP) is 3.39. The summed E-state index contributed by atoms with van der Waals surface area (Å²) in [6.45, 7) is 1.99. The van der Waals surface area contributed by atoms with Crippen molar-refractivity contribution in [3.63, 3.8) is 0 Å². The van der Waals surface area contributed by atoms with E-state index < -0.39 is 0 Å². The molecule has 0 spiro atoms. The highest BCUT2D eigenvalue weighted by molar-refractivity contribution is 9.10. The molecule has 0 radical (unpaired) electrons. The first-order valence-electron chi connectivity index (χ1n) is 6.04. The zero-order valence-electron chi connectivity index (χ0n) is 11.5. The second kappa shape index (κ2) is 5.51. The van der Waals surface area contributed by atoms with Crippen LogP contribution in [-0.4, -0.2) is 29.8 Å². The number of H-pyrrole nitrogens is 1. The second-order valence-electron chi connectivity index (χ2n) is 4.82. The van der Waals surface area contributed by atoms with Gasteiger partial charge >= 0.3 is 0 Å². The molecule has 0 aliphatic carbocycles. The molecule has 2 aromatic rings. The van der Waals surface area contributed by atoms with Gasteiger partial charge in [-0.15, -0.1) is 0 Å². The molecule has 0 saturated carbocycles. The van der Waals surface area contributed by atoms with Crippen molar-refractivity contribution in [1.29, 1.82) is 5.26 Å². The van der Waals surface area contributed by atoms with Crippen LogP contribution in [0.3, 0.4) is 0 Å². The van der Waals surface area contributed by atoms with E-state index in [1.54, 1.807) is 25.1 Å². The molecule has 0 fully saturated rings. The molecule has 1 aromatic heterocycles. The SMILES string of the molecule is Cc1cc2cc(C(=O)/C(C#N)=C/N(C)C)[nH]c2cc1Br. The Balaban J connectivity index is 2.48. The van der Waals surface area contributed by atoms with Gasteiger partial charge < -0.3 is 9.88 Å². The lowest BCUT2D eigenvalue weighted by molar-refractivity contribution is 0.103. The molecule has 0 aliphatic rings. The normalized spacial score (nSPS) is 11.4. The number of aromatic nitrogens is 1. The number of hydrogen-bond acceptors (Lipinski definition) is 3. The van der Waals surface area contributed by atoms with Crippen molar-refractivity contribution in [1.82, 2.24) is 9.88 Å². The van der Waals surface area contributed by atoms with Crippen LogP contribution in [0.5, 0.6) is 0 Å². The number of carbonyl (C=O) groups excluding carboxylic acids is 1. The van der Waals surface area contributed by atoms with Crippen molar-refractivity contribution >= 4 is 32.6 Å². The smallest absolute Gasteiger partial charge is 0.221 e. The molecular weight excluding hydrogens is 318 g/mol. The topological polar surface area (TPSA) is 59.9 Å². The van der Waals surface area contributed by atoms with Crippen molar-refractivity contribution in [2.24, 2.45) is 0 Å². The average molecular weight is 332 g/mol. The van der Waals surface area contributed by atoms with Crippen LogP contribution < -0.4 is 0 Å². The third kappa shape index (κ3) is 2.75. The van der Waals surface area contributed by atoms with Gasteiger partial charge in [-0.2, -0.15) is 5.26 Å². The molecule has 1 N–H and O–H groups in total. The molecule has 0 unspecified atom stereocenters. The van der Waals surface area contributed by atoms with Crippen molar-refractivity contribution < 1.29 is 4.79 Å². The summed E-state index contributed by atoms with van der Waals surface area (Å²) in [6.07, 6.45) is 1.52. The van der Waals surface area contributed by atoms with Gasteiger partial charge in [-0.25, -0.2) is 0 Å². The Labute approximate surface area is 125 Å². The summed E-state index contributed by atoms with van der Waals surface area (Å²) in [5.74, 6) is -0.300. The maximum Gasteiger partial charge on any atom is 0.221 e. The lowest BCUT2D eigenvalue weighted by Gasteiger charge is -2.04. The van der Waals surface area contributed by atoms with Gasteiger partial charge in [0.15, 0.2) is 0 Å². The zero-order chi connectivity index (χ0) is 14.9. The second-order valence-corrected chi connectivity index (χ2v) is 5.67. The minimum Gasteiger partial charge on any atom is -0.382 e. The van der Waals surface area contributed by atoms with Gasteiger partial charge in [0.05, 0.1) is 5.69 Å². The summed E-state index contributed by atoms with van der Waals surface area (Å²) in [6, 6.07) is 7.64. The first-order chi connectivity index (χ1) is 9.42. The van der Waals surface area contributed by atoms with Crippen LogP contribution in [0.25, 0.3) is 10.9 Å². The van der Waals surface area contributed by atoms with Crippen LogP contribution in [-0.2, 0) is 0 Å². The fraction of sp³-hybridized carbons (Fsp3) is 0.200. The standard InChI is InChI=1S/C15H14BrN3O/c1-9-4-10-5-14(18-13(10)6-12(9)16)15(20)11(7-17)8-19(2)3/h4-6,8,18H,1-3H3/b11-8+. The maximum atomic E-state index is 12.3. The lowest BCUT2D eigenvalue weighted by atomic mass is 10.1. The summed E-state index contributed by atoms with van der Waals surface area (Å²) >= 11 is 3.46. The number of nitriles is 1. The Morgan fingerprint density at radius 1 is 1.40 bits per heavy atom. The molecule has 5 heteroatoms. The summed E-state index contributed by atoms with van der Waals surface area (Å²) < 4.78 is 0.982. The number of carbonyl (C=O) groups is 1. The Kier molecular flexibility index (Phi) is 3.96. The number of fused-ring (bicyclic) bond motifs is 1. The van der Waals surface area contributed by atoms with Crippen LogP contribution in [0.1, 0.15) is 16.1 Å². The molecule has 102 valence electrons. The van der Waals surface area contributed by atoms with Gasteiger partial charge in [-0.1, -0.05) is 15.9 Å². The van der Waals surface area contributed by atoms with Crippen LogP contribution in [0, 0.1) is 18.3 Å². The number of hydrogen-bond donors (Lipinski definition) is 1. The lowest BCUT2D eigenvalue weighted by Crippen LogP contribution is -2.09. The third-order valence-electron chi connectivity index (χ3n) is 2.90. The van der Waals surface area contributed by atoms with E-state index in [4.69, 9.17) is 5.26 Å². The molecule has 0 bridgehead atoms. The molecule has 20 heavy (non-hydrogen) atoms. The zero-order valence-corrected chi connectivity index (χ0v) is 13.1. The highest BCUT2D eigenvalue weighted by atomic mass is 79.9. The molecular formula is C15H14BrN3O. The Morgan fingerprint density at radius 3 is 2.70 bits per heavy atom. The fourth-order valence-corrected chi connectivity index (χ4v) is 2.28. The van der Waals surface area contributed by atoms with E-state index in [2.05, 4.69) is 20.9 Å². The molecule has 4 nitrogen and oxygen atoms in total. The Bertz CT molecular complexity index is 711. The van der Waals surface area contributed by atoms with Crippen LogP contribution in [0.4, 0.5) is 0 Å². The Hall–Kier alpha value is -2.06. The van der Waals surface area contributed by atoms with Crippen molar-refractivity contribution in [3.8, 4) is 6.07 Å². The number of Topliss-reactive ketones (excluding diaryl/α,β-unsaturated/α-hetero) is 1. The van der Waals surface area contributed by atoms with Gasteiger partial charge in [-0.3, -0.25) is 4.79 Å². The van der Waals surface area contributed by atoms with Gasteiger partial charge in [0.25, 0.3) is 0 Å². The number of rotatable bonds is 3. The monoisotopic (exact) mass is 331 g/mol. The van der Waals surface area contributed by atoms with E-state index >= 15 is 0 Å². The molecule has 0 atom stereocenters. The number of halogens is 1. The molecule has 1 aromatic carbocycles. The quantitative estimate of drug-likeness (QED) is 0.532. The summed E-state index contributed by atoms with van der Waals surface area (Å²) in [5, 5.41) is 10.0. The number of benzene rings is 1. The fourth-order valence-electron chi connectivity index (χ4n) is 1.93. The van der Waals surface area contributed by atoms with Gasteiger partial charge in [-0.05, 0) is 30.7 Å². The number of nitrogens with one attached hydrogen (secondary N) is 1. The van der Waals surface area contributed by atoms with Crippen molar-refractivity contribution in [2.75, 3.05) is 14.1 Å². The summed E-state index contributed by atoms with van der Waals surface area (Å²) in [4.78, 5) is 17.0. The Morgan fingerprint density at radius 2 is 2.10 bits per heavy atom. The van der Waals surface area contributed by atoms with Crippen LogP contribution in [0.15, 0.2) is 34.4 Å². The summed E-state index contributed by atoms with van der Waals surface area (Å²) in [5.41, 5.74) is 2.50. The first kappa shape index (κ1) is 14.4. The van der Waals surface area contributed by atoms with Gasteiger partial charge in [0.1, 0.15) is 11.6 Å². The summed E-state index contributed by atoms with van der Waals surface area (Å²) in [7, 11) is 3.55. The average Bonchev–Trinajstić information content (AvgIpc) is 2.78. The van der Waals surface area contributed by atoms with E-state index in [0.717, 1.165) is 20.9 Å². The number of allylic oxidation sites excluding steroid dienone is 1. The number of aromatic amines is 1. The number of aryl methyl sites for hydroxylation is 1. The van der Waals surface area contributed by atoms with Crippen molar-refractivity contribution in [3.05, 3.63) is 45.7 Å². The van der Waals surface area contributed by atoms with Crippen molar-refractivity contribution in [2.45, 2.75) is 6.92 Å². The molecule has 1 heterocycles. The highest BCUT2D eigenvalue weighted by Gasteiger charge is 2.15. The first-order valence-corrected chi connectivity index (χ1v) is 6.83. The third-order valence-corrected chi connectivity index (χ3v) is 3.75. The largest absolute Gasteiger partial charge is 0.382 e. The molecule has 0 amide bonds. The van der Waals surface area contributed by atoms with E-state index in [9.17, 15) is 4.79 Å². The molecule has 2 rings (SSSR count). The minimum atomic E-state index is -0.300. The van der Waals surface area contributed by atoms with E-state index in [0.29, 0.717) is 5.69 Å². The number of nitrogens with zero attached hydrogens (tertiary/aromatic N) is 2. The van der Waals surface area contributed by atoms with Crippen LogP contribution in [0.2, 0.25) is 0 Å².